The van der Waals surface area contributed by atoms with Gasteiger partial charge in [0.1, 0.15) is 17.1 Å². The van der Waals surface area contributed by atoms with Gasteiger partial charge in [-0.2, -0.15) is 0 Å². The number of rotatable bonds is 3. The average Bonchev–Trinajstić information content (AvgIpc) is 2.46. The third kappa shape index (κ3) is 3.03. The molecule has 1 aromatic carbocycles. The monoisotopic (exact) mass is 289 g/mol. The minimum Gasteiger partial charge on any atom is -0.491 e. The van der Waals surface area contributed by atoms with Crippen molar-refractivity contribution in [3.63, 3.8) is 0 Å². The molecule has 0 bridgehead atoms. The van der Waals surface area contributed by atoms with Gasteiger partial charge in [-0.3, -0.25) is 0 Å². The summed E-state index contributed by atoms with van der Waals surface area (Å²) in [5.74, 6) is 1.92. The van der Waals surface area contributed by atoms with E-state index >= 15 is 0 Å². The van der Waals surface area contributed by atoms with E-state index in [1.54, 1.807) is 0 Å². The number of benzene rings is 1. The van der Waals surface area contributed by atoms with Crippen LogP contribution in [-0.4, -0.2) is 18.8 Å². The molecule has 1 spiro atoms. The highest BCUT2D eigenvalue weighted by atomic mass is 16.5. The van der Waals surface area contributed by atoms with Crippen molar-refractivity contribution >= 4 is 0 Å². The minimum absolute atomic E-state index is 0.0371. The molecule has 1 atom stereocenters. The molecule has 116 valence electrons. The Bertz CT molecular complexity index is 492. The summed E-state index contributed by atoms with van der Waals surface area (Å²) in [7, 11) is 2.05. The number of hydrogen-bond acceptors (Lipinski definition) is 3. The van der Waals surface area contributed by atoms with E-state index in [1.807, 2.05) is 0 Å². The molecule has 21 heavy (non-hydrogen) atoms. The van der Waals surface area contributed by atoms with Gasteiger partial charge in [-0.15, -0.1) is 0 Å². The van der Waals surface area contributed by atoms with Gasteiger partial charge in [-0.1, -0.05) is 12.5 Å². The van der Waals surface area contributed by atoms with Crippen molar-refractivity contribution in [2.24, 2.45) is 0 Å². The zero-order chi connectivity index (χ0) is 14.9. The lowest BCUT2D eigenvalue weighted by Gasteiger charge is -2.44. The predicted octanol–water partition coefficient (Wildman–Crippen LogP) is 4.22. The van der Waals surface area contributed by atoms with Crippen molar-refractivity contribution in [1.82, 2.24) is 5.32 Å². The van der Waals surface area contributed by atoms with Gasteiger partial charge in [-0.05, 0) is 52.6 Å². The number of hydrogen-bond donors (Lipinski definition) is 1. The first-order valence-electron chi connectivity index (χ1n) is 8.29. The fourth-order valence-electron chi connectivity index (χ4n) is 3.75. The van der Waals surface area contributed by atoms with Crippen molar-refractivity contribution in [3.05, 3.63) is 23.8 Å². The molecule has 1 fully saturated rings. The van der Waals surface area contributed by atoms with E-state index in [0.29, 0.717) is 6.04 Å². The molecule has 0 radical (unpaired) electrons. The second-order valence-corrected chi connectivity index (χ2v) is 6.76. The Morgan fingerprint density at radius 2 is 2.00 bits per heavy atom. The molecule has 1 saturated carbocycles. The van der Waals surface area contributed by atoms with Gasteiger partial charge in [0.25, 0.3) is 0 Å². The highest BCUT2D eigenvalue weighted by Gasteiger charge is 2.41. The maximum Gasteiger partial charge on any atom is 0.128 e. The lowest BCUT2D eigenvalue weighted by atomic mass is 9.77. The zero-order valence-corrected chi connectivity index (χ0v) is 13.4. The van der Waals surface area contributed by atoms with Crippen LogP contribution in [0.5, 0.6) is 11.5 Å². The topological polar surface area (TPSA) is 30.5 Å². The molecular formula is C18H27NO2. The fraction of sp³-hybridized carbons (Fsp3) is 0.667. The second-order valence-electron chi connectivity index (χ2n) is 6.76. The molecule has 1 N–H and O–H groups in total. The molecule has 3 rings (SSSR count). The largest absolute Gasteiger partial charge is 0.491 e. The van der Waals surface area contributed by atoms with Gasteiger partial charge in [0, 0.05) is 24.1 Å². The van der Waals surface area contributed by atoms with Crippen molar-refractivity contribution < 1.29 is 9.47 Å². The summed E-state index contributed by atoms with van der Waals surface area (Å²) in [6.07, 6.45) is 7.55. The third-order valence-corrected chi connectivity index (χ3v) is 4.75. The average molecular weight is 289 g/mol. The van der Waals surface area contributed by atoms with E-state index in [0.717, 1.165) is 17.9 Å². The summed E-state index contributed by atoms with van der Waals surface area (Å²) in [4.78, 5) is 0. The quantitative estimate of drug-likeness (QED) is 0.903. The van der Waals surface area contributed by atoms with Gasteiger partial charge in [-0.25, -0.2) is 0 Å². The van der Waals surface area contributed by atoms with Crippen LogP contribution in [0.2, 0.25) is 0 Å². The first-order chi connectivity index (χ1) is 10.1. The molecule has 1 aliphatic carbocycles. The lowest BCUT2D eigenvalue weighted by Crippen LogP contribution is -2.45. The van der Waals surface area contributed by atoms with E-state index in [2.05, 4.69) is 44.4 Å². The van der Waals surface area contributed by atoms with Crippen LogP contribution in [0.15, 0.2) is 18.2 Å². The lowest BCUT2D eigenvalue weighted by molar-refractivity contribution is -0.00203. The Balaban J connectivity index is 1.90. The van der Waals surface area contributed by atoms with Crippen molar-refractivity contribution in [3.8, 4) is 11.5 Å². The molecule has 0 saturated heterocycles. The Labute approximate surface area is 128 Å². The van der Waals surface area contributed by atoms with Crippen LogP contribution in [0.1, 0.15) is 64.0 Å². The van der Waals surface area contributed by atoms with Gasteiger partial charge >= 0.3 is 0 Å². The Morgan fingerprint density at radius 3 is 2.67 bits per heavy atom. The van der Waals surface area contributed by atoms with Gasteiger partial charge in [0.15, 0.2) is 0 Å². The number of fused-ring (bicyclic) bond motifs is 1. The summed E-state index contributed by atoms with van der Waals surface area (Å²) in [5.41, 5.74) is 1.31. The van der Waals surface area contributed by atoms with E-state index in [4.69, 9.17) is 9.47 Å². The maximum atomic E-state index is 6.49. The summed E-state index contributed by atoms with van der Waals surface area (Å²) >= 11 is 0. The smallest absolute Gasteiger partial charge is 0.128 e. The zero-order valence-electron chi connectivity index (χ0n) is 13.4. The van der Waals surface area contributed by atoms with E-state index in [9.17, 15) is 0 Å². The van der Waals surface area contributed by atoms with Crippen LogP contribution in [0.25, 0.3) is 0 Å². The summed E-state index contributed by atoms with van der Waals surface area (Å²) in [6.45, 7) is 4.11. The first kappa shape index (κ1) is 14.7. The van der Waals surface area contributed by atoms with Gasteiger partial charge in [0.05, 0.1) is 6.10 Å². The van der Waals surface area contributed by atoms with Crippen LogP contribution in [0.3, 0.4) is 0 Å². The fourth-order valence-corrected chi connectivity index (χ4v) is 3.75. The number of nitrogens with one attached hydrogen (secondary N) is 1. The molecule has 1 aromatic rings. The maximum absolute atomic E-state index is 6.49. The highest BCUT2D eigenvalue weighted by molar-refractivity contribution is 5.44. The van der Waals surface area contributed by atoms with Crippen LogP contribution in [-0.2, 0) is 0 Å². The van der Waals surface area contributed by atoms with Gasteiger partial charge < -0.3 is 14.8 Å². The van der Waals surface area contributed by atoms with Crippen molar-refractivity contribution in [2.75, 3.05) is 7.05 Å². The molecule has 0 amide bonds. The summed E-state index contributed by atoms with van der Waals surface area (Å²) in [6, 6.07) is 6.68. The van der Waals surface area contributed by atoms with Gasteiger partial charge in [0.2, 0.25) is 0 Å². The molecule has 1 aliphatic heterocycles. The van der Waals surface area contributed by atoms with Crippen LogP contribution in [0.4, 0.5) is 0 Å². The van der Waals surface area contributed by atoms with Crippen molar-refractivity contribution in [2.45, 2.75) is 70.1 Å². The number of ether oxygens (including phenoxy) is 2. The molecular weight excluding hydrogens is 262 g/mol. The minimum atomic E-state index is 0.0371. The molecule has 0 aromatic heterocycles. The SMILES string of the molecule is CNC1CC2(CCCCC2)Oc2cc(OC(C)C)ccc21. The molecule has 3 heteroatoms. The molecule has 3 nitrogen and oxygen atoms in total. The standard InChI is InChI=1S/C18H27NO2/c1-13(2)20-14-7-8-15-16(19-3)12-18(21-17(15)11-14)9-5-4-6-10-18/h7-8,11,13,16,19H,4-6,9-10,12H2,1-3H3. The Morgan fingerprint density at radius 1 is 1.24 bits per heavy atom. The normalized spacial score (nSPS) is 23.7. The van der Waals surface area contributed by atoms with Crippen LogP contribution in [0, 0.1) is 0 Å². The second kappa shape index (κ2) is 5.88. The Kier molecular flexibility index (Phi) is 4.12. The van der Waals surface area contributed by atoms with Crippen molar-refractivity contribution in [1.29, 1.82) is 0 Å². The Hall–Kier alpha value is -1.22. The molecule has 1 heterocycles. The summed E-state index contributed by atoms with van der Waals surface area (Å²) < 4.78 is 12.3. The highest BCUT2D eigenvalue weighted by Crippen LogP contribution is 2.46. The first-order valence-corrected chi connectivity index (χ1v) is 8.29. The van der Waals surface area contributed by atoms with Crippen LogP contribution >= 0.6 is 0 Å². The predicted molar refractivity (Wildman–Crippen MR) is 85.1 cm³/mol. The third-order valence-electron chi connectivity index (χ3n) is 4.75. The van der Waals surface area contributed by atoms with E-state index in [-0.39, 0.29) is 11.7 Å². The molecule has 1 unspecified atom stereocenters. The summed E-state index contributed by atoms with van der Waals surface area (Å²) in [5, 5.41) is 3.47. The van der Waals surface area contributed by atoms with E-state index < -0.39 is 0 Å². The molecule has 2 aliphatic rings. The van der Waals surface area contributed by atoms with E-state index in [1.165, 1.54) is 37.7 Å². The van der Waals surface area contributed by atoms with Crippen LogP contribution < -0.4 is 14.8 Å².